The number of anilines is 1. The summed E-state index contributed by atoms with van der Waals surface area (Å²) in [4.78, 5) is 14.7. The van der Waals surface area contributed by atoms with E-state index in [0.717, 1.165) is 16.8 Å². The van der Waals surface area contributed by atoms with E-state index in [-0.39, 0.29) is 4.90 Å². The summed E-state index contributed by atoms with van der Waals surface area (Å²) in [5.41, 5.74) is 4.78. The first-order valence-corrected chi connectivity index (χ1v) is 12.5. The molecule has 1 heterocycles. The number of carbonyl (C=O) groups excluding carboxylic acids is 1. The molecule has 2 N–H and O–H groups in total. The molecule has 1 atom stereocenters. The van der Waals surface area contributed by atoms with Gasteiger partial charge in [0.2, 0.25) is 0 Å². The van der Waals surface area contributed by atoms with E-state index in [4.69, 9.17) is 17.0 Å². The minimum absolute atomic E-state index is 0.280. The van der Waals surface area contributed by atoms with Crippen molar-refractivity contribution in [2.75, 3.05) is 18.4 Å². The first-order chi connectivity index (χ1) is 15.5. The quantitative estimate of drug-likeness (QED) is 0.468. The fourth-order valence-electron chi connectivity index (χ4n) is 4.33. The number of benzene rings is 2. The van der Waals surface area contributed by atoms with Crippen LogP contribution in [0, 0.1) is 20.8 Å². The number of nitrogens with one attached hydrogen (secondary N) is 2. The molecule has 0 fully saturated rings. The zero-order valence-electron chi connectivity index (χ0n) is 19.6. The average Bonchev–Trinajstić information content (AvgIpc) is 2.72. The van der Waals surface area contributed by atoms with Crippen LogP contribution in [0.2, 0.25) is 0 Å². The summed E-state index contributed by atoms with van der Waals surface area (Å²) in [6.07, 6.45) is 0. The van der Waals surface area contributed by atoms with Crippen LogP contribution >= 0.6 is 12.2 Å². The van der Waals surface area contributed by atoms with Crippen molar-refractivity contribution in [2.45, 2.75) is 45.6 Å². The molecule has 0 bridgehead atoms. The van der Waals surface area contributed by atoms with Crippen LogP contribution < -0.4 is 10.0 Å². The number of ether oxygens (including phenoxy) is 1. The number of carbonyl (C=O) groups is 1. The SMILES string of the molecule is CCN1C(=S)NC(c2ccc(NS(=O)(=O)c3c(C)cc(C)cc3C)cc2)C(C(=O)OC)=C1C. The van der Waals surface area contributed by atoms with Crippen molar-refractivity contribution >= 4 is 39.0 Å². The fraction of sp³-hybridized carbons (Fsp3) is 0.333. The molecule has 0 saturated carbocycles. The Morgan fingerprint density at radius 3 is 2.21 bits per heavy atom. The first-order valence-electron chi connectivity index (χ1n) is 10.6. The third kappa shape index (κ3) is 4.89. The Morgan fingerprint density at radius 1 is 1.12 bits per heavy atom. The number of allylic oxidation sites excluding steroid dienone is 1. The second kappa shape index (κ2) is 9.52. The third-order valence-corrected chi connectivity index (χ3v) is 7.71. The molecule has 2 aromatic rings. The van der Waals surface area contributed by atoms with Gasteiger partial charge in [-0.25, -0.2) is 13.2 Å². The molecule has 0 aromatic heterocycles. The number of sulfonamides is 1. The lowest BCUT2D eigenvalue weighted by atomic mass is 9.95. The molecule has 3 rings (SSSR count). The highest BCUT2D eigenvalue weighted by molar-refractivity contribution is 7.92. The first kappa shape index (κ1) is 24.7. The number of nitrogens with zero attached hydrogens (tertiary/aromatic N) is 1. The molecule has 0 spiro atoms. The number of hydrogen-bond donors (Lipinski definition) is 2. The largest absolute Gasteiger partial charge is 0.466 e. The molecule has 0 amide bonds. The summed E-state index contributed by atoms with van der Waals surface area (Å²) in [7, 11) is -2.42. The van der Waals surface area contributed by atoms with Gasteiger partial charge in [-0.1, -0.05) is 29.8 Å². The lowest BCUT2D eigenvalue weighted by Crippen LogP contribution is -2.47. The van der Waals surface area contributed by atoms with Gasteiger partial charge in [0.1, 0.15) is 0 Å². The van der Waals surface area contributed by atoms with Crippen LogP contribution in [0.15, 0.2) is 52.6 Å². The van der Waals surface area contributed by atoms with Crippen LogP contribution in [-0.4, -0.2) is 38.1 Å². The van der Waals surface area contributed by atoms with Crippen molar-refractivity contribution in [2.24, 2.45) is 0 Å². The average molecular weight is 488 g/mol. The van der Waals surface area contributed by atoms with Gasteiger partial charge in [0.05, 0.1) is 23.6 Å². The Balaban J connectivity index is 1.93. The van der Waals surface area contributed by atoms with Crippen LogP contribution in [-0.2, 0) is 19.6 Å². The molecule has 0 saturated heterocycles. The molecule has 2 aromatic carbocycles. The summed E-state index contributed by atoms with van der Waals surface area (Å²) >= 11 is 5.48. The van der Waals surface area contributed by atoms with Gasteiger partial charge in [-0.05, 0) is 75.7 Å². The molecule has 33 heavy (non-hydrogen) atoms. The van der Waals surface area contributed by atoms with Crippen molar-refractivity contribution in [3.8, 4) is 0 Å². The maximum Gasteiger partial charge on any atom is 0.337 e. The normalized spacial score (nSPS) is 16.5. The van der Waals surface area contributed by atoms with Crippen LogP contribution in [0.3, 0.4) is 0 Å². The van der Waals surface area contributed by atoms with Gasteiger partial charge in [0, 0.05) is 17.9 Å². The van der Waals surface area contributed by atoms with Crippen LogP contribution in [0.4, 0.5) is 5.69 Å². The highest BCUT2D eigenvalue weighted by atomic mass is 32.2. The minimum Gasteiger partial charge on any atom is -0.466 e. The lowest BCUT2D eigenvalue weighted by molar-refractivity contribution is -0.136. The topological polar surface area (TPSA) is 87.7 Å². The summed E-state index contributed by atoms with van der Waals surface area (Å²) in [5.74, 6) is -0.443. The van der Waals surface area contributed by atoms with Gasteiger partial charge >= 0.3 is 5.97 Å². The minimum atomic E-state index is -3.76. The molecule has 0 radical (unpaired) electrons. The molecular formula is C24H29N3O4S2. The Morgan fingerprint density at radius 2 is 1.70 bits per heavy atom. The van der Waals surface area contributed by atoms with Gasteiger partial charge in [-0.3, -0.25) is 4.72 Å². The summed E-state index contributed by atoms with van der Waals surface area (Å²) < 4.78 is 33.8. The number of esters is 1. The number of hydrogen-bond acceptors (Lipinski definition) is 5. The summed E-state index contributed by atoms with van der Waals surface area (Å²) in [6.45, 7) is 9.92. The smallest absolute Gasteiger partial charge is 0.337 e. The van der Waals surface area contributed by atoms with Gasteiger partial charge in [-0.15, -0.1) is 0 Å². The monoisotopic (exact) mass is 487 g/mol. The maximum atomic E-state index is 13.1. The Hall–Kier alpha value is -2.91. The highest BCUT2D eigenvalue weighted by Gasteiger charge is 2.34. The van der Waals surface area contributed by atoms with E-state index < -0.39 is 22.0 Å². The molecule has 7 nitrogen and oxygen atoms in total. The summed E-state index contributed by atoms with van der Waals surface area (Å²) in [6, 6.07) is 10.1. The number of methoxy groups -OCH3 is 1. The van der Waals surface area contributed by atoms with E-state index in [9.17, 15) is 13.2 Å². The number of thiocarbonyl (C=S) groups is 1. The van der Waals surface area contributed by atoms with E-state index >= 15 is 0 Å². The Bertz CT molecular complexity index is 1210. The second-order valence-corrected chi connectivity index (χ2v) is 10.1. The Kier molecular flexibility index (Phi) is 7.14. The van der Waals surface area contributed by atoms with Crippen molar-refractivity contribution < 1.29 is 17.9 Å². The summed E-state index contributed by atoms with van der Waals surface area (Å²) in [5, 5.41) is 3.72. The predicted octanol–water partition coefficient (Wildman–Crippen LogP) is 4.11. The lowest BCUT2D eigenvalue weighted by Gasteiger charge is -2.36. The zero-order valence-corrected chi connectivity index (χ0v) is 21.3. The molecule has 1 aliphatic heterocycles. The third-order valence-electron chi connectivity index (χ3n) is 5.69. The number of aryl methyl sites for hydroxylation is 3. The molecule has 1 aliphatic rings. The highest BCUT2D eigenvalue weighted by Crippen LogP contribution is 2.32. The van der Waals surface area contributed by atoms with Crippen LogP contribution in [0.1, 0.15) is 42.1 Å². The van der Waals surface area contributed by atoms with E-state index in [0.29, 0.717) is 34.0 Å². The predicted molar refractivity (Wildman–Crippen MR) is 133 cm³/mol. The number of rotatable bonds is 6. The van der Waals surface area contributed by atoms with E-state index in [1.54, 1.807) is 38.1 Å². The van der Waals surface area contributed by atoms with Crippen LogP contribution in [0.25, 0.3) is 0 Å². The van der Waals surface area contributed by atoms with E-state index in [1.807, 2.05) is 37.8 Å². The van der Waals surface area contributed by atoms with E-state index in [1.165, 1.54) is 7.11 Å². The maximum absolute atomic E-state index is 13.1. The molecular weight excluding hydrogens is 458 g/mol. The van der Waals surface area contributed by atoms with Crippen molar-refractivity contribution in [1.29, 1.82) is 0 Å². The van der Waals surface area contributed by atoms with E-state index in [2.05, 4.69) is 10.0 Å². The van der Waals surface area contributed by atoms with Crippen LogP contribution in [0.5, 0.6) is 0 Å². The molecule has 0 aliphatic carbocycles. The van der Waals surface area contributed by atoms with Gasteiger partial charge in [-0.2, -0.15) is 0 Å². The molecule has 9 heteroatoms. The standard InChI is InChI=1S/C24H29N3O4S2/c1-7-27-17(5)20(23(28)31-6)21(25-24(27)32)18-8-10-19(11-9-18)26-33(29,30)22-15(3)12-14(2)13-16(22)4/h8-13,21,26H,7H2,1-6H3,(H,25,32). The van der Waals surface area contributed by atoms with Crippen molar-refractivity contribution in [3.05, 3.63) is 69.9 Å². The van der Waals surface area contributed by atoms with Gasteiger partial charge < -0.3 is 15.0 Å². The zero-order chi connectivity index (χ0) is 24.5. The second-order valence-electron chi connectivity index (χ2n) is 8.07. The molecule has 1 unspecified atom stereocenters. The van der Waals surface area contributed by atoms with Gasteiger partial charge in [0.25, 0.3) is 10.0 Å². The molecule has 176 valence electrons. The fourth-order valence-corrected chi connectivity index (χ4v) is 6.22. The van der Waals surface area contributed by atoms with Crippen molar-refractivity contribution in [1.82, 2.24) is 10.2 Å². The van der Waals surface area contributed by atoms with Crippen molar-refractivity contribution in [3.63, 3.8) is 0 Å². The van der Waals surface area contributed by atoms with Gasteiger partial charge in [0.15, 0.2) is 5.11 Å². The Labute approximate surface area is 200 Å².